The molecule has 0 aromatic heterocycles. The highest BCUT2D eigenvalue weighted by Gasteiger charge is 2.89. The molecule has 13 rings (SSSR count). The monoisotopic (exact) mass is 973 g/mol. The van der Waals surface area contributed by atoms with Crippen molar-refractivity contribution in [3.05, 3.63) is 0 Å². The van der Waals surface area contributed by atoms with E-state index in [1.165, 1.54) is 0 Å². The Morgan fingerprint density at radius 3 is 0.576 bits per heavy atom. The zero-order chi connectivity index (χ0) is 39.6. The summed E-state index contributed by atoms with van der Waals surface area (Å²) in [5.74, 6) is 0. The predicted octanol–water partition coefficient (Wildman–Crippen LogP) is 10.1. The van der Waals surface area contributed by atoms with Crippen LogP contribution >= 0.6 is 0 Å². The Bertz CT molecular complexity index is 1380. The Morgan fingerprint density at radius 2 is 0.424 bits per heavy atom. The molecular weight excluding hydrogens is 905 g/mol. The molecule has 6 saturated heterocycles. The Kier molecular flexibility index (Phi) is 11.0. The van der Waals surface area contributed by atoms with Gasteiger partial charge in [0.1, 0.15) is 0 Å². The maximum atomic E-state index is 8.41. The highest BCUT2D eigenvalue weighted by atomic mass is 28.6. The molecule has 0 unspecified atom stereocenters. The van der Waals surface area contributed by atoms with Crippen molar-refractivity contribution in [3.63, 3.8) is 0 Å². The van der Waals surface area contributed by atoms with E-state index >= 15 is 0 Å². The Morgan fingerprint density at radius 1 is 0.271 bits per heavy atom. The van der Waals surface area contributed by atoms with Crippen LogP contribution in [0, 0.1) is 0 Å². The van der Waals surface area contributed by atoms with E-state index in [2.05, 4.69) is 13.1 Å². The summed E-state index contributed by atoms with van der Waals surface area (Å²) < 4.78 is 107. The summed E-state index contributed by atoms with van der Waals surface area (Å²) in [5.41, 5.74) is 0.268. The summed E-state index contributed by atoms with van der Waals surface area (Å²) in [7, 11) is -33.3. The normalized spacial score (nSPS) is 49.5. The summed E-state index contributed by atoms with van der Waals surface area (Å²) in [4.78, 5) is 0. The molecule has 8 bridgehead atoms. The molecule has 13 fully saturated rings. The summed E-state index contributed by atoms with van der Waals surface area (Å²) in [6.07, 6.45) is 28.9. The van der Waals surface area contributed by atoms with Crippen molar-refractivity contribution in [1.82, 2.24) is 0 Å². The second kappa shape index (κ2) is 15.5. The van der Waals surface area contributed by atoms with Gasteiger partial charge in [-0.25, -0.2) is 0 Å². The topological polar surface area (TPSA) is 120 Å². The zero-order valence-corrected chi connectivity index (χ0v) is 44.6. The largest absolute Gasteiger partial charge is 0.646 e. The molecule has 0 atom stereocenters. The minimum atomic E-state index is -4.31. The summed E-state index contributed by atoms with van der Waals surface area (Å²) >= 11 is 0. The molecular formula is C37H69O13Si9. The van der Waals surface area contributed by atoms with E-state index in [0.717, 1.165) is 180 Å². The van der Waals surface area contributed by atoms with Crippen molar-refractivity contribution < 1.29 is 53.5 Å². The first kappa shape index (κ1) is 41.8. The first-order valence-electron chi connectivity index (χ1n) is 24.5. The molecule has 0 aromatic rings. The molecule has 59 heavy (non-hydrogen) atoms. The van der Waals surface area contributed by atoms with E-state index in [1.54, 1.807) is 0 Å². The zero-order valence-electron chi connectivity index (χ0n) is 35.6. The van der Waals surface area contributed by atoms with Crippen LogP contribution in [0.5, 0.6) is 0 Å². The van der Waals surface area contributed by atoms with Gasteiger partial charge in [0.25, 0.3) is 0 Å². The Hall–Kier alpha value is 1.43. The van der Waals surface area contributed by atoms with Crippen LogP contribution in [0.4, 0.5) is 0 Å². The molecule has 13 aliphatic rings. The van der Waals surface area contributed by atoms with Gasteiger partial charge in [-0.05, 0) is 103 Å². The van der Waals surface area contributed by atoms with Gasteiger partial charge in [-0.1, -0.05) is 89.9 Å². The van der Waals surface area contributed by atoms with Crippen molar-refractivity contribution >= 4 is 79.7 Å². The molecule has 1 radical (unpaired) electrons. The Balaban J connectivity index is 1.19. The van der Waals surface area contributed by atoms with Gasteiger partial charge >= 0.3 is 70.7 Å². The van der Waals surface area contributed by atoms with Gasteiger partial charge in [-0.3, -0.25) is 0 Å². The van der Waals surface area contributed by atoms with Crippen LogP contribution in [0.3, 0.4) is 0 Å². The van der Waals surface area contributed by atoms with Gasteiger partial charge in [-0.15, -0.1) is 0 Å². The van der Waals surface area contributed by atoms with Crippen molar-refractivity contribution in [2.45, 2.75) is 232 Å². The molecule has 0 spiro atoms. The predicted molar refractivity (Wildman–Crippen MR) is 233 cm³/mol. The fraction of sp³-hybridized carbons (Fsp3) is 1.00. The van der Waals surface area contributed by atoms with Gasteiger partial charge in [0.05, 0.1) is 0 Å². The molecule has 7 saturated carbocycles. The summed E-state index contributed by atoms with van der Waals surface area (Å²) in [6.45, 7) is 4.34. The van der Waals surface area contributed by atoms with Gasteiger partial charge in [0.2, 0.25) is 0 Å². The van der Waals surface area contributed by atoms with E-state index in [9.17, 15) is 0 Å². The Labute approximate surface area is 363 Å². The SMILES string of the molecule is C[Si](C)O[Si]12O[Si]3(C4CCCC4)O[Si]4(C5CCCC5)O[Si](C5CCCC5)(O1)O[Si]1(C5CCCC5)O[Si](C5CCCC5)(O2)O[Si](C2CCCC2)(O3)O[Si](C2CCCC2)(O4)O1. The van der Waals surface area contributed by atoms with Crippen LogP contribution < -0.4 is 0 Å². The smallest absolute Gasteiger partial charge is 0.395 e. The van der Waals surface area contributed by atoms with Crippen LogP contribution in [0.25, 0.3) is 0 Å². The molecule has 0 aromatic carbocycles. The molecule has 13 nitrogen and oxygen atoms in total. The van der Waals surface area contributed by atoms with Crippen LogP contribution in [0.2, 0.25) is 51.9 Å². The van der Waals surface area contributed by atoms with Gasteiger partial charge in [-0.2, -0.15) is 0 Å². The van der Waals surface area contributed by atoms with Crippen LogP contribution in [-0.4, -0.2) is 79.7 Å². The molecule has 331 valence electrons. The van der Waals surface area contributed by atoms with Crippen molar-refractivity contribution in [1.29, 1.82) is 0 Å². The lowest BCUT2D eigenvalue weighted by Crippen LogP contribution is -2.91. The highest BCUT2D eigenvalue weighted by molar-refractivity contribution is 7.04. The van der Waals surface area contributed by atoms with Crippen molar-refractivity contribution in [2.24, 2.45) is 0 Å². The van der Waals surface area contributed by atoms with E-state index in [4.69, 9.17) is 53.5 Å². The number of hydrogen-bond acceptors (Lipinski definition) is 13. The third-order valence-electron chi connectivity index (χ3n) is 16.7. The van der Waals surface area contributed by atoms with Gasteiger partial charge < -0.3 is 53.5 Å². The van der Waals surface area contributed by atoms with Gasteiger partial charge in [0.15, 0.2) is 9.04 Å². The average Bonchev–Trinajstić information content (AvgIpc) is 4.03. The summed E-state index contributed by atoms with van der Waals surface area (Å²) in [6, 6.07) is 0. The minimum absolute atomic E-state index is 0.0121. The fourth-order valence-corrected chi connectivity index (χ4v) is 70.7. The van der Waals surface area contributed by atoms with Crippen LogP contribution in [0.1, 0.15) is 180 Å². The molecule has 7 aliphatic carbocycles. The molecule has 22 heteroatoms. The van der Waals surface area contributed by atoms with Crippen LogP contribution in [-0.2, 0) is 53.5 Å². The van der Waals surface area contributed by atoms with Gasteiger partial charge in [0, 0.05) is 38.8 Å². The molecule has 0 amide bonds. The third kappa shape index (κ3) is 6.83. The van der Waals surface area contributed by atoms with E-state index in [1.807, 2.05) is 0 Å². The third-order valence-corrected chi connectivity index (χ3v) is 57.3. The maximum absolute atomic E-state index is 8.41. The summed E-state index contributed by atoms with van der Waals surface area (Å²) in [5, 5.41) is 0. The quantitative estimate of drug-likeness (QED) is 0.204. The van der Waals surface area contributed by atoms with E-state index in [-0.39, 0.29) is 38.8 Å². The minimum Gasteiger partial charge on any atom is -0.395 e. The van der Waals surface area contributed by atoms with Crippen molar-refractivity contribution in [3.8, 4) is 0 Å². The fourth-order valence-electron chi connectivity index (χ4n) is 13.8. The average molecular weight is 975 g/mol. The molecule has 0 N–H and O–H groups in total. The van der Waals surface area contributed by atoms with Crippen molar-refractivity contribution in [2.75, 3.05) is 0 Å². The lowest BCUT2D eigenvalue weighted by molar-refractivity contribution is -0.0604. The molecule has 6 aliphatic heterocycles. The highest BCUT2D eigenvalue weighted by Crippen LogP contribution is 2.66. The van der Waals surface area contributed by atoms with E-state index in [0.29, 0.717) is 0 Å². The van der Waals surface area contributed by atoms with E-state index < -0.39 is 79.7 Å². The standard InChI is InChI=1S/C37H69O13Si9/c1-51(2)38-59-48-56(35-25-11-12-26-35)42-53(32-19-5-6-20-32)39-52(31-17-3-4-18-31)40-54(44-56,33-21-7-8-22-33)46-58(50-59,37-29-15-16-30-37)47-55(41-52,34-23-9-10-24-34)45-57(43-53,49-59)36-27-13-14-28-36/h31-37H,3-30H2,1-2H3. The second-order valence-corrected chi connectivity index (χ2v) is 48.4. The molecule has 6 heterocycles. The first-order valence-corrected chi connectivity index (χ1v) is 41.2. The lowest BCUT2D eigenvalue weighted by atomic mass is 10.4. The van der Waals surface area contributed by atoms with Crippen LogP contribution in [0.15, 0.2) is 0 Å². The maximum Gasteiger partial charge on any atom is 0.646 e. The first-order chi connectivity index (χ1) is 28.6. The number of rotatable bonds is 9. The number of hydrogen-bond donors (Lipinski definition) is 0. The lowest BCUT2D eigenvalue weighted by Gasteiger charge is -2.66. The second-order valence-electron chi connectivity index (χ2n) is 20.8.